The van der Waals surface area contributed by atoms with E-state index in [-0.39, 0.29) is 30.4 Å². The van der Waals surface area contributed by atoms with Gasteiger partial charge in [-0.3, -0.25) is 14.4 Å². The average molecular weight is 468 g/mol. The molecule has 1 unspecified atom stereocenters. The van der Waals surface area contributed by atoms with Gasteiger partial charge in [0.2, 0.25) is 0 Å². The average Bonchev–Trinajstić information content (AvgIpc) is 3.42. The van der Waals surface area contributed by atoms with E-state index in [0.29, 0.717) is 55.5 Å². The van der Waals surface area contributed by atoms with Crippen LogP contribution in [0.5, 0.6) is 11.5 Å². The second kappa shape index (κ2) is 11.0. The number of carbonyl (C=O) groups is 3. The molecule has 2 heterocycles. The summed E-state index contributed by atoms with van der Waals surface area (Å²) < 4.78 is 16.2. The summed E-state index contributed by atoms with van der Waals surface area (Å²) in [6.45, 7) is 2.47. The van der Waals surface area contributed by atoms with Crippen LogP contribution in [-0.2, 0) is 14.3 Å². The number of nitrogens with one attached hydrogen (secondary N) is 1. The molecule has 2 saturated heterocycles. The Morgan fingerprint density at radius 1 is 1.00 bits per heavy atom. The maximum atomic E-state index is 12.8. The molecule has 2 aliphatic heterocycles. The number of ether oxygens (including phenoxy) is 3. The normalized spacial score (nSPS) is 17.9. The van der Waals surface area contributed by atoms with Crippen molar-refractivity contribution < 1.29 is 28.6 Å². The van der Waals surface area contributed by atoms with Crippen molar-refractivity contribution in [1.29, 1.82) is 0 Å². The maximum absolute atomic E-state index is 12.8. The van der Waals surface area contributed by atoms with Crippen molar-refractivity contribution in [1.82, 2.24) is 9.80 Å². The van der Waals surface area contributed by atoms with E-state index in [2.05, 4.69) is 5.32 Å². The van der Waals surface area contributed by atoms with E-state index in [0.717, 1.165) is 12.8 Å². The van der Waals surface area contributed by atoms with Gasteiger partial charge in [-0.15, -0.1) is 0 Å². The molecule has 0 bridgehead atoms. The third-order valence-corrected chi connectivity index (χ3v) is 5.91. The Morgan fingerprint density at radius 2 is 1.74 bits per heavy atom. The van der Waals surface area contributed by atoms with Gasteiger partial charge in [0.1, 0.15) is 17.6 Å². The molecule has 2 aromatic rings. The molecule has 34 heavy (non-hydrogen) atoms. The van der Waals surface area contributed by atoms with Crippen molar-refractivity contribution in [3.8, 4) is 11.5 Å². The molecule has 2 fully saturated rings. The fourth-order valence-corrected chi connectivity index (χ4v) is 4.03. The predicted octanol–water partition coefficient (Wildman–Crippen LogP) is 2.18. The number of methoxy groups -OCH3 is 1. The van der Waals surface area contributed by atoms with E-state index in [1.807, 2.05) is 0 Å². The van der Waals surface area contributed by atoms with Crippen LogP contribution in [0.2, 0.25) is 0 Å². The van der Waals surface area contributed by atoms with Crippen LogP contribution >= 0.6 is 0 Å². The molecule has 9 heteroatoms. The molecule has 9 nitrogen and oxygen atoms in total. The lowest BCUT2D eigenvalue weighted by molar-refractivity contribution is -0.142. The van der Waals surface area contributed by atoms with E-state index >= 15 is 0 Å². The fraction of sp³-hybridized carbons (Fsp3) is 0.400. The number of benzene rings is 2. The van der Waals surface area contributed by atoms with Crippen molar-refractivity contribution in [3.05, 3.63) is 54.1 Å². The zero-order chi connectivity index (χ0) is 23.9. The van der Waals surface area contributed by atoms with E-state index in [1.165, 1.54) is 0 Å². The maximum Gasteiger partial charge on any atom is 0.262 e. The van der Waals surface area contributed by atoms with Crippen LogP contribution in [0, 0.1) is 0 Å². The lowest BCUT2D eigenvalue weighted by Gasteiger charge is -2.35. The first-order valence-electron chi connectivity index (χ1n) is 11.4. The highest BCUT2D eigenvalue weighted by Gasteiger charge is 2.31. The molecule has 0 spiro atoms. The Bertz CT molecular complexity index is 1010. The molecule has 0 aliphatic carbocycles. The number of anilines is 1. The number of hydrogen-bond donors (Lipinski definition) is 1. The van der Waals surface area contributed by atoms with Crippen LogP contribution < -0.4 is 14.8 Å². The largest absolute Gasteiger partial charge is 0.497 e. The van der Waals surface area contributed by atoms with Crippen LogP contribution in [0.15, 0.2) is 48.5 Å². The Labute approximate surface area is 198 Å². The highest BCUT2D eigenvalue weighted by atomic mass is 16.5. The molecule has 0 saturated carbocycles. The number of piperazine rings is 1. The summed E-state index contributed by atoms with van der Waals surface area (Å²) in [5, 5.41) is 2.75. The van der Waals surface area contributed by atoms with Gasteiger partial charge in [0, 0.05) is 50.1 Å². The monoisotopic (exact) mass is 467 g/mol. The van der Waals surface area contributed by atoms with Crippen molar-refractivity contribution in [2.45, 2.75) is 18.9 Å². The van der Waals surface area contributed by atoms with Crippen LogP contribution in [0.1, 0.15) is 23.2 Å². The summed E-state index contributed by atoms with van der Waals surface area (Å²) in [5.74, 6) is 0.774. The molecule has 180 valence electrons. The Hall–Kier alpha value is -3.59. The standard InChI is InChI=1S/C25H29N3O6/c1-32-21-5-2-4-19(16-21)26-23(29)17-34-20-9-7-18(8-10-20)24(30)27-11-13-28(14-12-27)25(31)22-6-3-15-33-22/h2,4-5,7-10,16,22H,3,6,11-15,17H2,1H3,(H,26,29). The number of rotatable bonds is 7. The number of amides is 3. The third kappa shape index (κ3) is 5.85. The lowest BCUT2D eigenvalue weighted by atomic mass is 10.1. The minimum absolute atomic E-state index is 0.0292. The third-order valence-electron chi connectivity index (χ3n) is 5.91. The van der Waals surface area contributed by atoms with Gasteiger partial charge in [-0.05, 0) is 49.2 Å². The first-order chi connectivity index (χ1) is 16.5. The van der Waals surface area contributed by atoms with Gasteiger partial charge in [-0.2, -0.15) is 0 Å². The summed E-state index contributed by atoms with van der Waals surface area (Å²) >= 11 is 0. The second-order valence-electron chi connectivity index (χ2n) is 8.21. The van der Waals surface area contributed by atoms with E-state index in [4.69, 9.17) is 14.2 Å². The molecule has 3 amide bonds. The zero-order valence-corrected chi connectivity index (χ0v) is 19.2. The molecule has 0 aromatic heterocycles. The summed E-state index contributed by atoms with van der Waals surface area (Å²) in [7, 11) is 1.56. The summed E-state index contributed by atoms with van der Waals surface area (Å²) in [4.78, 5) is 41.0. The minimum Gasteiger partial charge on any atom is -0.497 e. The van der Waals surface area contributed by atoms with E-state index in [1.54, 1.807) is 65.4 Å². The van der Waals surface area contributed by atoms with Crippen LogP contribution in [-0.4, -0.2) is 80.1 Å². The molecule has 4 rings (SSSR count). The van der Waals surface area contributed by atoms with Gasteiger partial charge in [0.05, 0.1) is 7.11 Å². The van der Waals surface area contributed by atoms with Crippen molar-refractivity contribution >= 4 is 23.4 Å². The number of hydrogen-bond acceptors (Lipinski definition) is 6. The Morgan fingerprint density at radius 3 is 2.41 bits per heavy atom. The summed E-state index contributed by atoms with van der Waals surface area (Å²) in [5.41, 5.74) is 1.15. The zero-order valence-electron chi connectivity index (χ0n) is 19.2. The van der Waals surface area contributed by atoms with Gasteiger partial charge in [-0.1, -0.05) is 6.07 Å². The predicted molar refractivity (Wildman–Crippen MR) is 125 cm³/mol. The van der Waals surface area contributed by atoms with E-state index < -0.39 is 0 Å². The molecular weight excluding hydrogens is 438 g/mol. The molecular formula is C25H29N3O6. The van der Waals surface area contributed by atoms with Crippen LogP contribution in [0.3, 0.4) is 0 Å². The summed E-state index contributed by atoms with van der Waals surface area (Å²) in [6, 6.07) is 13.8. The van der Waals surface area contributed by atoms with E-state index in [9.17, 15) is 14.4 Å². The van der Waals surface area contributed by atoms with Crippen molar-refractivity contribution in [2.24, 2.45) is 0 Å². The van der Waals surface area contributed by atoms with Crippen LogP contribution in [0.25, 0.3) is 0 Å². The minimum atomic E-state index is -0.326. The Balaban J connectivity index is 1.23. The van der Waals surface area contributed by atoms with Gasteiger partial charge >= 0.3 is 0 Å². The molecule has 1 atom stereocenters. The molecule has 0 radical (unpaired) electrons. The number of carbonyl (C=O) groups excluding carboxylic acids is 3. The van der Waals surface area contributed by atoms with Gasteiger partial charge in [-0.25, -0.2) is 0 Å². The second-order valence-corrected chi connectivity index (χ2v) is 8.21. The topological polar surface area (TPSA) is 97.4 Å². The molecule has 1 N–H and O–H groups in total. The van der Waals surface area contributed by atoms with Gasteiger partial charge < -0.3 is 29.3 Å². The van der Waals surface area contributed by atoms with Crippen molar-refractivity contribution in [2.75, 3.05) is 51.8 Å². The van der Waals surface area contributed by atoms with Gasteiger partial charge in [0.25, 0.3) is 17.7 Å². The smallest absolute Gasteiger partial charge is 0.262 e. The lowest BCUT2D eigenvalue weighted by Crippen LogP contribution is -2.52. The first-order valence-corrected chi connectivity index (χ1v) is 11.4. The Kier molecular flexibility index (Phi) is 7.64. The molecule has 2 aromatic carbocycles. The number of nitrogens with zero attached hydrogens (tertiary/aromatic N) is 2. The quantitative estimate of drug-likeness (QED) is 0.671. The summed E-state index contributed by atoms with van der Waals surface area (Å²) in [6.07, 6.45) is 1.36. The van der Waals surface area contributed by atoms with Crippen molar-refractivity contribution in [3.63, 3.8) is 0 Å². The SMILES string of the molecule is COc1cccc(NC(=O)COc2ccc(C(=O)N3CCN(C(=O)C4CCCO4)CC3)cc2)c1. The highest BCUT2D eigenvalue weighted by molar-refractivity contribution is 5.95. The van der Waals surface area contributed by atoms with Crippen LogP contribution in [0.4, 0.5) is 5.69 Å². The molecule has 2 aliphatic rings. The van der Waals surface area contributed by atoms with Gasteiger partial charge in [0.15, 0.2) is 6.61 Å². The fourth-order valence-electron chi connectivity index (χ4n) is 4.03. The highest BCUT2D eigenvalue weighted by Crippen LogP contribution is 2.19. The first kappa shape index (κ1) is 23.6.